The van der Waals surface area contributed by atoms with Crippen LogP contribution in [-0.4, -0.2) is 30.7 Å². The number of hydrogen-bond donors (Lipinski definition) is 1. The lowest BCUT2D eigenvalue weighted by molar-refractivity contribution is 0.307. The summed E-state index contributed by atoms with van der Waals surface area (Å²) in [4.78, 5) is 6.35. The van der Waals surface area contributed by atoms with Crippen LogP contribution in [0.1, 0.15) is 19.8 Å². The van der Waals surface area contributed by atoms with Crippen LogP contribution in [0.15, 0.2) is 18.3 Å². The number of methoxy groups -OCH3 is 1. The lowest BCUT2D eigenvalue weighted by Crippen LogP contribution is -2.67. The summed E-state index contributed by atoms with van der Waals surface area (Å²) in [5.74, 6) is 0.655. The number of pyridine rings is 1. The second kappa shape index (κ2) is 4.29. The lowest BCUT2D eigenvalue weighted by atomic mass is 9.86. The Morgan fingerprint density at radius 2 is 2.31 bits per heavy atom. The minimum Gasteiger partial charge on any atom is -0.481 e. The fourth-order valence-corrected chi connectivity index (χ4v) is 2.26. The predicted octanol–water partition coefficient (Wildman–Crippen LogP) is 1.41. The van der Waals surface area contributed by atoms with E-state index in [1.54, 1.807) is 13.3 Å². The zero-order valence-electron chi connectivity index (χ0n) is 9.94. The van der Waals surface area contributed by atoms with E-state index in [0.717, 1.165) is 31.6 Å². The Bertz CT molecular complexity index is 361. The quantitative estimate of drug-likeness (QED) is 0.835. The Morgan fingerprint density at radius 3 is 2.94 bits per heavy atom. The molecule has 2 heterocycles. The van der Waals surface area contributed by atoms with Gasteiger partial charge in [-0.2, -0.15) is 0 Å². The molecule has 1 aliphatic rings. The van der Waals surface area contributed by atoms with Gasteiger partial charge in [0.05, 0.1) is 12.6 Å². The largest absolute Gasteiger partial charge is 0.481 e. The molecule has 1 aromatic rings. The number of aromatic nitrogens is 1. The van der Waals surface area contributed by atoms with Crippen molar-refractivity contribution in [1.29, 1.82) is 0 Å². The van der Waals surface area contributed by atoms with E-state index in [2.05, 4.69) is 16.8 Å². The van der Waals surface area contributed by atoms with Crippen LogP contribution in [0.4, 0.5) is 5.69 Å². The molecule has 0 atom stereocenters. The van der Waals surface area contributed by atoms with Crippen molar-refractivity contribution >= 4 is 5.69 Å². The van der Waals surface area contributed by atoms with Crippen molar-refractivity contribution in [3.63, 3.8) is 0 Å². The van der Waals surface area contributed by atoms with Gasteiger partial charge in [-0.05, 0) is 12.5 Å². The van der Waals surface area contributed by atoms with E-state index in [4.69, 9.17) is 10.5 Å². The van der Waals surface area contributed by atoms with Crippen LogP contribution in [0.5, 0.6) is 5.88 Å². The zero-order chi connectivity index (χ0) is 11.6. The summed E-state index contributed by atoms with van der Waals surface area (Å²) in [6.07, 6.45) is 4.00. The van der Waals surface area contributed by atoms with E-state index in [1.165, 1.54) is 0 Å². The molecule has 0 spiro atoms. The molecule has 0 aromatic carbocycles. The second-order valence-electron chi connectivity index (χ2n) is 4.52. The smallest absolute Gasteiger partial charge is 0.214 e. The molecule has 1 aromatic heterocycles. The SMILES string of the molecule is CCCC1(N)CN(c2ccnc(OC)c2)C1. The number of hydrogen-bond acceptors (Lipinski definition) is 4. The van der Waals surface area contributed by atoms with Gasteiger partial charge in [-0.3, -0.25) is 0 Å². The molecular weight excluding hydrogens is 202 g/mol. The van der Waals surface area contributed by atoms with Gasteiger partial charge in [-0.1, -0.05) is 13.3 Å². The van der Waals surface area contributed by atoms with Gasteiger partial charge in [0.15, 0.2) is 0 Å². The van der Waals surface area contributed by atoms with Crippen molar-refractivity contribution in [1.82, 2.24) is 4.98 Å². The van der Waals surface area contributed by atoms with E-state index in [-0.39, 0.29) is 5.54 Å². The Morgan fingerprint density at radius 1 is 1.56 bits per heavy atom. The number of ether oxygens (including phenoxy) is 1. The number of nitrogens with two attached hydrogens (primary N) is 1. The highest BCUT2D eigenvalue weighted by atomic mass is 16.5. The Labute approximate surface area is 96.4 Å². The lowest BCUT2D eigenvalue weighted by Gasteiger charge is -2.49. The first-order valence-electron chi connectivity index (χ1n) is 5.71. The van der Waals surface area contributed by atoms with Gasteiger partial charge in [0.2, 0.25) is 5.88 Å². The molecular formula is C12H19N3O. The average molecular weight is 221 g/mol. The van der Waals surface area contributed by atoms with Gasteiger partial charge < -0.3 is 15.4 Å². The molecule has 2 N–H and O–H groups in total. The normalized spacial score (nSPS) is 18.1. The molecule has 1 aliphatic heterocycles. The third-order valence-corrected chi connectivity index (χ3v) is 3.05. The zero-order valence-corrected chi connectivity index (χ0v) is 9.94. The Balaban J connectivity index is 2.00. The summed E-state index contributed by atoms with van der Waals surface area (Å²) in [6, 6.07) is 3.94. The van der Waals surface area contributed by atoms with Crippen LogP contribution in [-0.2, 0) is 0 Å². The predicted molar refractivity (Wildman–Crippen MR) is 64.8 cm³/mol. The highest BCUT2D eigenvalue weighted by Crippen LogP contribution is 2.30. The second-order valence-corrected chi connectivity index (χ2v) is 4.52. The van der Waals surface area contributed by atoms with E-state index >= 15 is 0 Å². The summed E-state index contributed by atoms with van der Waals surface area (Å²) in [7, 11) is 1.63. The van der Waals surface area contributed by atoms with E-state index in [1.807, 2.05) is 12.1 Å². The van der Waals surface area contributed by atoms with Crippen LogP contribution in [0, 0.1) is 0 Å². The minimum absolute atomic E-state index is 0.00521. The van der Waals surface area contributed by atoms with Crippen LogP contribution in [0.25, 0.3) is 0 Å². The summed E-state index contributed by atoms with van der Waals surface area (Å²) in [5.41, 5.74) is 7.37. The molecule has 0 saturated carbocycles. The molecule has 0 aliphatic carbocycles. The topological polar surface area (TPSA) is 51.4 Å². The molecule has 88 valence electrons. The summed E-state index contributed by atoms with van der Waals surface area (Å²) >= 11 is 0. The molecule has 1 saturated heterocycles. The number of anilines is 1. The average Bonchev–Trinajstić information content (AvgIpc) is 2.26. The maximum Gasteiger partial charge on any atom is 0.214 e. The van der Waals surface area contributed by atoms with Crippen LogP contribution in [0.2, 0.25) is 0 Å². The Hall–Kier alpha value is -1.29. The highest BCUT2D eigenvalue weighted by molar-refractivity contribution is 5.52. The number of nitrogens with zero attached hydrogens (tertiary/aromatic N) is 2. The molecule has 4 nitrogen and oxygen atoms in total. The minimum atomic E-state index is 0.00521. The third kappa shape index (κ3) is 2.11. The maximum absolute atomic E-state index is 6.22. The molecule has 0 bridgehead atoms. The van der Waals surface area contributed by atoms with Gasteiger partial charge >= 0.3 is 0 Å². The summed E-state index contributed by atoms with van der Waals surface area (Å²) in [6.45, 7) is 4.02. The van der Waals surface area contributed by atoms with E-state index < -0.39 is 0 Å². The van der Waals surface area contributed by atoms with Gasteiger partial charge in [-0.25, -0.2) is 4.98 Å². The standard InChI is InChI=1S/C12H19N3O/c1-3-5-12(13)8-15(9-12)10-4-6-14-11(7-10)16-2/h4,6-7H,3,5,8-9,13H2,1-2H3. The first kappa shape index (κ1) is 11.2. The van der Waals surface area contributed by atoms with Crippen molar-refractivity contribution in [2.24, 2.45) is 5.73 Å². The first-order valence-corrected chi connectivity index (χ1v) is 5.71. The Kier molecular flexibility index (Phi) is 3.01. The molecule has 0 amide bonds. The van der Waals surface area contributed by atoms with Gasteiger partial charge in [-0.15, -0.1) is 0 Å². The molecule has 1 fully saturated rings. The fraction of sp³-hybridized carbons (Fsp3) is 0.583. The van der Waals surface area contributed by atoms with Gasteiger partial charge in [0.25, 0.3) is 0 Å². The summed E-state index contributed by atoms with van der Waals surface area (Å²) in [5, 5.41) is 0. The van der Waals surface area contributed by atoms with Crippen molar-refractivity contribution in [2.75, 3.05) is 25.1 Å². The molecule has 16 heavy (non-hydrogen) atoms. The first-order chi connectivity index (χ1) is 7.67. The highest BCUT2D eigenvalue weighted by Gasteiger charge is 2.38. The van der Waals surface area contributed by atoms with Crippen molar-refractivity contribution < 1.29 is 4.74 Å². The third-order valence-electron chi connectivity index (χ3n) is 3.05. The molecule has 2 rings (SSSR count). The molecule has 0 radical (unpaired) electrons. The molecule has 0 unspecified atom stereocenters. The van der Waals surface area contributed by atoms with Crippen molar-refractivity contribution in [3.05, 3.63) is 18.3 Å². The monoisotopic (exact) mass is 221 g/mol. The van der Waals surface area contributed by atoms with Gasteiger partial charge in [0, 0.05) is 31.0 Å². The van der Waals surface area contributed by atoms with Crippen LogP contribution < -0.4 is 15.4 Å². The fourth-order valence-electron chi connectivity index (χ4n) is 2.26. The summed E-state index contributed by atoms with van der Waals surface area (Å²) < 4.78 is 5.10. The van der Waals surface area contributed by atoms with Crippen LogP contribution >= 0.6 is 0 Å². The van der Waals surface area contributed by atoms with Crippen molar-refractivity contribution in [2.45, 2.75) is 25.3 Å². The van der Waals surface area contributed by atoms with Crippen molar-refractivity contribution in [3.8, 4) is 5.88 Å². The van der Waals surface area contributed by atoms with Gasteiger partial charge in [0.1, 0.15) is 0 Å². The van der Waals surface area contributed by atoms with Crippen LogP contribution in [0.3, 0.4) is 0 Å². The number of rotatable bonds is 4. The molecule has 4 heteroatoms. The maximum atomic E-state index is 6.22. The van der Waals surface area contributed by atoms with E-state index in [9.17, 15) is 0 Å². The van der Waals surface area contributed by atoms with E-state index in [0.29, 0.717) is 5.88 Å².